The molecule has 4 rings (SSSR count). The number of hydrogen-bond donors (Lipinski definition) is 1. The lowest BCUT2D eigenvalue weighted by atomic mass is 10.1. The van der Waals surface area contributed by atoms with Crippen molar-refractivity contribution < 1.29 is 14.2 Å². The Kier molecular flexibility index (Phi) is 8.08. The normalized spacial score (nSPS) is 11.1. The van der Waals surface area contributed by atoms with Crippen LogP contribution < -0.4 is 19.6 Å². The maximum Gasteiger partial charge on any atom is 0.161 e. The van der Waals surface area contributed by atoms with E-state index in [1.54, 1.807) is 20.4 Å². The molecule has 174 valence electrons. The van der Waals surface area contributed by atoms with Gasteiger partial charge in [-0.25, -0.2) is 0 Å². The van der Waals surface area contributed by atoms with Crippen molar-refractivity contribution in [2.24, 2.45) is 5.10 Å². The van der Waals surface area contributed by atoms with Gasteiger partial charge in [0.2, 0.25) is 0 Å². The first-order chi connectivity index (χ1) is 16.6. The molecule has 0 aromatic heterocycles. The first-order valence-electron chi connectivity index (χ1n) is 10.6. The Balaban J connectivity index is 1.40. The van der Waals surface area contributed by atoms with Crippen LogP contribution in [0.3, 0.4) is 0 Å². The van der Waals surface area contributed by atoms with Crippen LogP contribution in [0.2, 0.25) is 0 Å². The van der Waals surface area contributed by atoms with Gasteiger partial charge < -0.3 is 19.6 Å². The van der Waals surface area contributed by atoms with E-state index in [0.29, 0.717) is 24.7 Å². The van der Waals surface area contributed by atoms with Crippen LogP contribution in [0.15, 0.2) is 86.8 Å². The summed E-state index contributed by atoms with van der Waals surface area (Å²) in [5.74, 6) is 2.15. The smallest absolute Gasteiger partial charge is 0.161 e. The minimum atomic E-state index is 0.471. The van der Waals surface area contributed by atoms with Crippen LogP contribution in [-0.4, -0.2) is 20.4 Å². The minimum Gasteiger partial charge on any atom is -0.493 e. The molecule has 34 heavy (non-hydrogen) atoms. The predicted octanol–water partition coefficient (Wildman–Crippen LogP) is 7.08. The van der Waals surface area contributed by atoms with E-state index in [0.717, 1.165) is 31.4 Å². The van der Waals surface area contributed by atoms with Crippen molar-refractivity contribution >= 4 is 48.8 Å². The van der Waals surface area contributed by atoms with Crippen molar-refractivity contribution in [1.82, 2.24) is 5.43 Å². The van der Waals surface area contributed by atoms with Crippen LogP contribution >= 0.6 is 31.9 Å². The molecule has 0 aliphatic carbocycles. The van der Waals surface area contributed by atoms with Gasteiger partial charge in [0.1, 0.15) is 12.4 Å². The zero-order chi connectivity index (χ0) is 23.9. The van der Waals surface area contributed by atoms with Crippen LogP contribution in [0.1, 0.15) is 16.7 Å². The summed E-state index contributed by atoms with van der Waals surface area (Å²) in [7, 11) is 3.24. The van der Waals surface area contributed by atoms with Crippen molar-refractivity contribution in [2.45, 2.75) is 13.2 Å². The molecule has 0 heterocycles. The number of nitrogens with one attached hydrogen (secondary N) is 1. The quantitative estimate of drug-likeness (QED) is 0.169. The summed E-state index contributed by atoms with van der Waals surface area (Å²) in [5, 5.41) is 6.74. The molecule has 0 aliphatic rings. The highest BCUT2D eigenvalue weighted by atomic mass is 79.9. The number of hydrogen-bond acceptors (Lipinski definition) is 5. The van der Waals surface area contributed by atoms with Crippen LogP contribution in [0.5, 0.6) is 17.2 Å². The summed E-state index contributed by atoms with van der Waals surface area (Å²) >= 11 is 7.27. The molecule has 0 bridgehead atoms. The molecular formula is C27H24Br2N2O3. The third-order valence-corrected chi connectivity index (χ3v) is 6.49. The van der Waals surface area contributed by atoms with Crippen LogP contribution in [0.4, 0.5) is 0 Å². The number of nitrogens with zero attached hydrogens (tertiary/aromatic N) is 1. The average Bonchev–Trinajstić information content (AvgIpc) is 2.86. The predicted molar refractivity (Wildman–Crippen MR) is 144 cm³/mol. The molecule has 0 saturated heterocycles. The molecule has 5 nitrogen and oxygen atoms in total. The van der Waals surface area contributed by atoms with Gasteiger partial charge in [-0.3, -0.25) is 0 Å². The van der Waals surface area contributed by atoms with Crippen molar-refractivity contribution in [1.29, 1.82) is 0 Å². The highest BCUT2D eigenvalue weighted by Gasteiger charge is 2.10. The number of halogens is 2. The van der Waals surface area contributed by atoms with E-state index < -0.39 is 0 Å². The second-order valence-corrected chi connectivity index (χ2v) is 9.23. The van der Waals surface area contributed by atoms with Crippen LogP contribution in [0.25, 0.3) is 10.8 Å². The molecule has 0 amide bonds. The Bertz CT molecular complexity index is 1300. The first-order valence-corrected chi connectivity index (χ1v) is 12.2. The third kappa shape index (κ3) is 5.72. The molecule has 7 heteroatoms. The van der Waals surface area contributed by atoms with Gasteiger partial charge in [-0.1, -0.05) is 48.5 Å². The van der Waals surface area contributed by atoms with E-state index >= 15 is 0 Å². The van der Waals surface area contributed by atoms with E-state index in [4.69, 9.17) is 14.2 Å². The standard InChI is InChI=1S/C27H24Br2N2O3/c1-32-25-11-10-18(14-26(25)33-2)15-30-31-16-19-12-23(28)27(24(29)13-19)34-17-21-8-5-7-20-6-3-4-9-22(20)21/h3-14,16,30H,15,17H2,1-2H3/b31-16+. The van der Waals surface area contributed by atoms with Gasteiger partial charge >= 0.3 is 0 Å². The van der Waals surface area contributed by atoms with Gasteiger partial charge in [-0.2, -0.15) is 5.10 Å². The summed E-state index contributed by atoms with van der Waals surface area (Å²) in [6, 6.07) is 24.3. The van der Waals surface area contributed by atoms with E-state index in [-0.39, 0.29) is 0 Å². The van der Waals surface area contributed by atoms with Gasteiger partial charge in [-0.15, -0.1) is 0 Å². The fourth-order valence-corrected chi connectivity index (χ4v) is 5.06. The highest BCUT2D eigenvalue weighted by molar-refractivity contribution is 9.11. The largest absolute Gasteiger partial charge is 0.493 e. The SMILES string of the molecule is COc1ccc(CN/N=C/c2cc(Br)c(OCc3cccc4ccccc34)c(Br)c2)cc1OC. The number of rotatable bonds is 9. The molecule has 0 saturated carbocycles. The first kappa shape index (κ1) is 24.1. The maximum atomic E-state index is 6.16. The van der Waals surface area contributed by atoms with Gasteiger partial charge in [0.05, 0.1) is 35.9 Å². The summed E-state index contributed by atoms with van der Waals surface area (Å²) in [4.78, 5) is 0. The van der Waals surface area contributed by atoms with Gasteiger partial charge in [-0.05, 0) is 83.6 Å². The van der Waals surface area contributed by atoms with E-state index in [1.807, 2.05) is 42.5 Å². The molecule has 4 aromatic rings. The lowest BCUT2D eigenvalue weighted by molar-refractivity contribution is 0.303. The number of fused-ring (bicyclic) bond motifs is 1. The third-order valence-electron chi connectivity index (χ3n) is 5.31. The Morgan fingerprint density at radius 2 is 1.59 bits per heavy atom. The zero-order valence-electron chi connectivity index (χ0n) is 18.8. The molecule has 0 spiro atoms. The summed E-state index contributed by atoms with van der Waals surface area (Å²) < 4.78 is 18.5. The second kappa shape index (κ2) is 11.4. The summed E-state index contributed by atoms with van der Waals surface area (Å²) in [5.41, 5.74) is 6.17. The average molecular weight is 584 g/mol. The molecule has 0 fully saturated rings. The number of methoxy groups -OCH3 is 2. The highest BCUT2D eigenvalue weighted by Crippen LogP contribution is 2.35. The maximum absolute atomic E-state index is 6.16. The van der Waals surface area contributed by atoms with E-state index in [1.165, 1.54) is 10.8 Å². The molecule has 0 radical (unpaired) electrons. The number of ether oxygens (including phenoxy) is 3. The Morgan fingerprint density at radius 1 is 0.853 bits per heavy atom. The summed E-state index contributed by atoms with van der Waals surface area (Å²) in [6.07, 6.45) is 1.77. The topological polar surface area (TPSA) is 52.1 Å². The van der Waals surface area contributed by atoms with E-state index in [2.05, 4.69) is 72.7 Å². The molecular weight excluding hydrogens is 560 g/mol. The van der Waals surface area contributed by atoms with Crippen molar-refractivity contribution in [3.05, 3.63) is 98.4 Å². The second-order valence-electron chi connectivity index (χ2n) is 7.52. The summed E-state index contributed by atoms with van der Waals surface area (Å²) in [6.45, 7) is 1.03. The Labute approximate surface area is 216 Å². The monoisotopic (exact) mass is 582 g/mol. The molecule has 1 N–H and O–H groups in total. The van der Waals surface area contributed by atoms with Gasteiger partial charge in [0.15, 0.2) is 11.5 Å². The van der Waals surface area contributed by atoms with E-state index in [9.17, 15) is 0 Å². The number of benzene rings is 4. The van der Waals surface area contributed by atoms with Crippen molar-refractivity contribution in [3.63, 3.8) is 0 Å². The van der Waals surface area contributed by atoms with Crippen LogP contribution in [-0.2, 0) is 13.2 Å². The van der Waals surface area contributed by atoms with Crippen LogP contribution in [0, 0.1) is 0 Å². The fraction of sp³-hybridized carbons (Fsp3) is 0.148. The lowest BCUT2D eigenvalue weighted by Crippen LogP contribution is -2.06. The zero-order valence-corrected chi connectivity index (χ0v) is 22.0. The lowest BCUT2D eigenvalue weighted by Gasteiger charge is -2.13. The van der Waals surface area contributed by atoms with Gasteiger partial charge in [0.25, 0.3) is 0 Å². The molecule has 0 atom stereocenters. The Hall–Kier alpha value is -3.03. The molecule has 0 unspecified atom stereocenters. The van der Waals surface area contributed by atoms with Crippen molar-refractivity contribution in [3.8, 4) is 17.2 Å². The molecule has 0 aliphatic heterocycles. The fourth-order valence-electron chi connectivity index (χ4n) is 3.61. The molecule has 4 aromatic carbocycles. The Morgan fingerprint density at radius 3 is 2.35 bits per heavy atom. The van der Waals surface area contributed by atoms with Crippen molar-refractivity contribution in [2.75, 3.05) is 14.2 Å². The number of hydrazone groups is 1. The minimum absolute atomic E-state index is 0.471. The van der Waals surface area contributed by atoms with Gasteiger partial charge in [0, 0.05) is 0 Å².